The van der Waals surface area contributed by atoms with Crippen molar-refractivity contribution in [2.45, 2.75) is 38.9 Å². The average molecular weight is 487 g/mol. The summed E-state index contributed by atoms with van der Waals surface area (Å²) in [5.74, 6) is 0.546. The van der Waals surface area contributed by atoms with Crippen molar-refractivity contribution in [3.05, 3.63) is 84.9 Å². The van der Waals surface area contributed by atoms with Crippen LogP contribution in [-0.2, 0) is 9.31 Å². The second-order valence-corrected chi connectivity index (χ2v) is 10.7. The Labute approximate surface area is 215 Å². The van der Waals surface area contributed by atoms with E-state index in [9.17, 15) is 0 Å². The molecule has 1 saturated heterocycles. The van der Waals surface area contributed by atoms with Gasteiger partial charge in [-0.3, -0.25) is 0 Å². The third-order valence-corrected chi connectivity index (χ3v) is 7.79. The summed E-state index contributed by atoms with van der Waals surface area (Å²) < 4.78 is 25.8. The normalized spacial score (nSPS) is 16.8. The standard InChI is InChI=1S/C31H26BNO4/c1-30(2)31(3,4)37-32(36-30)27-26-22-12-8-9-13-24(22)34-25(26)18-23-28(27)35-29(33-23)21-16-14-20(15-17-21)19-10-6-5-7-11-19/h5-18H,1-4H3. The lowest BCUT2D eigenvalue weighted by Crippen LogP contribution is -2.41. The van der Waals surface area contributed by atoms with E-state index in [1.54, 1.807) is 0 Å². The lowest BCUT2D eigenvalue weighted by atomic mass is 9.75. The highest BCUT2D eigenvalue weighted by molar-refractivity contribution is 6.68. The molecule has 0 amide bonds. The fourth-order valence-corrected chi connectivity index (χ4v) is 5.05. The largest absolute Gasteiger partial charge is 0.499 e. The molecule has 6 aromatic rings. The predicted molar refractivity (Wildman–Crippen MR) is 148 cm³/mol. The third-order valence-electron chi connectivity index (χ3n) is 7.79. The first-order chi connectivity index (χ1) is 17.8. The number of rotatable bonds is 3. The van der Waals surface area contributed by atoms with Crippen LogP contribution in [-0.4, -0.2) is 23.3 Å². The van der Waals surface area contributed by atoms with Gasteiger partial charge in [0.25, 0.3) is 0 Å². The van der Waals surface area contributed by atoms with E-state index in [2.05, 4.69) is 58.0 Å². The van der Waals surface area contributed by atoms with Gasteiger partial charge >= 0.3 is 7.12 Å². The third kappa shape index (κ3) is 3.44. The Morgan fingerprint density at radius 3 is 2.00 bits per heavy atom. The first-order valence-electron chi connectivity index (χ1n) is 12.6. The van der Waals surface area contributed by atoms with Crippen LogP contribution < -0.4 is 5.46 Å². The van der Waals surface area contributed by atoms with E-state index in [1.165, 1.54) is 5.56 Å². The van der Waals surface area contributed by atoms with Crippen LogP contribution in [0.5, 0.6) is 0 Å². The summed E-state index contributed by atoms with van der Waals surface area (Å²) in [7, 11) is -0.626. The zero-order chi connectivity index (χ0) is 25.4. The molecule has 6 heteroatoms. The molecule has 4 aromatic carbocycles. The van der Waals surface area contributed by atoms with Crippen molar-refractivity contribution >= 4 is 45.6 Å². The van der Waals surface area contributed by atoms with Crippen LogP contribution in [0.4, 0.5) is 0 Å². The highest BCUT2D eigenvalue weighted by atomic mass is 16.7. The van der Waals surface area contributed by atoms with Gasteiger partial charge in [0.15, 0.2) is 5.58 Å². The summed E-state index contributed by atoms with van der Waals surface area (Å²) in [5, 5.41) is 1.93. The predicted octanol–water partition coefficient (Wildman–Crippen LogP) is 7.36. The maximum atomic E-state index is 6.51. The SMILES string of the molecule is CC1(C)OB(c2c3oc(-c4ccc(-c5ccccc5)cc4)nc3cc3oc4ccccc4c23)OC1(C)C. The Hall–Kier alpha value is -3.87. The molecule has 182 valence electrons. The van der Waals surface area contributed by atoms with E-state index in [-0.39, 0.29) is 0 Å². The van der Waals surface area contributed by atoms with E-state index >= 15 is 0 Å². The molecule has 5 nitrogen and oxygen atoms in total. The number of hydrogen-bond acceptors (Lipinski definition) is 5. The van der Waals surface area contributed by atoms with Crippen LogP contribution >= 0.6 is 0 Å². The van der Waals surface area contributed by atoms with Crippen molar-refractivity contribution in [1.82, 2.24) is 4.98 Å². The molecule has 0 radical (unpaired) electrons. The number of oxazole rings is 1. The quantitative estimate of drug-likeness (QED) is 0.244. The molecule has 3 heterocycles. The number of benzene rings is 4. The van der Waals surface area contributed by atoms with Crippen molar-refractivity contribution in [3.8, 4) is 22.6 Å². The van der Waals surface area contributed by atoms with Gasteiger partial charge in [0.05, 0.1) is 11.2 Å². The molecule has 0 atom stereocenters. The number of fused-ring (bicyclic) bond motifs is 4. The summed E-state index contributed by atoms with van der Waals surface area (Å²) in [6.45, 7) is 8.21. The van der Waals surface area contributed by atoms with Crippen LogP contribution in [0.2, 0.25) is 0 Å². The number of nitrogens with zero attached hydrogens (tertiary/aromatic N) is 1. The minimum Gasteiger partial charge on any atom is -0.456 e. The van der Waals surface area contributed by atoms with Gasteiger partial charge < -0.3 is 18.1 Å². The van der Waals surface area contributed by atoms with Gasteiger partial charge in [-0.2, -0.15) is 0 Å². The molecule has 1 aliphatic rings. The molecule has 0 bridgehead atoms. The van der Waals surface area contributed by atoms with E-state index in [1.807, 2.05) is 54.6 Å². The summed E-state index contributed by atoms with van der Waals surface area (Å²) in [4.78, 5) is 4.87. The van der Waals surface area contributed by atoms with Crippen molar-refractivity contribution in [3.63, 3.8) is 0 Å². The van der Waals surface area contributed by atoms with Crippen LogP contribution in [0, 0.1) is 0 Å². The summed E-state index contributed by atoms with van der Waals surface area (Å²) >= 11 is 0. The molecule has 1 aliphatic heterocycles. The summed E-state index contributed by atoms with van der Waals surface area (Å²) in [6.07, 6.45) is 0. The number of para-hydroxylation sites is 1. The molecule has 2 aromatic heterocycles. The molecular weight excluding hydrogens is 461 g/mol. The Morgan fingerprint density at radius 1 is 0.649 bits per heavy atom. The lowest BCUT2D eigenvalue weighted by molar-refractivity contribution is 0.00578. The Kier molecular flexibility index (Phi) is 4.72. The van der Waals surface area contributed by atoms with E-state index in [4.69, 9.17) is 23.1 Å². The minimum absolute atomic E-state index is 0.498. The second kappa shape index (κ2) is 7.82. The molecule has 37 heavy (non-hydrogen) atoms. The first-order valence-corrected chi connectivity index (χ1v) is 12.6. The summed E-state index contributed by atoms with van der Waals surface area (Å²) in [6, 6.07) is 28.5. The Morgan fingerprint density at radius 2 is 1.27 bits per heavy atom. The van der Waals surface area contributed by atoms with Gasteiger partial charge in [-0.15, -0.1) is 0 Å². The minimum atomic E-state index is -0.626. The van der Waals surface area contributed by atoms with Gasteiger partial charge in [0.2, 0.25) is 5.89 Å². The van der Waals surface area contributed by atoms with Crippen LogP contribution in [0.25, 0.3) is 55.6 Å². The van der Waals surface area contributed by atoms with E-state index < -0.39 is 18.3 Å². The maximum absolute atomic E-state index is 6.51. The molecule has 0 aliphatic carbocycles. The zero-order valence-electron chi connectivity index (χ0n) is 21.2. The molecule has 7 rings (SSSR count). The van der Waals surface area contributed by atoms with E-state index in [0.717, 1.165) is 38.5 Å². The van der Waals surface area contributed by atoms with Crippen LogP contribution in [0.15, 0.2) is 93.8 Å². The van der Waals surface area contributed by atoms with Crippen molar-refractivity contribution in [2.75, 3.05) is 0 Å². The molecule has 0 unspecified atom stereocenters. The van der Waals surface area contributed by atoms with Crippen molar-refractivity contribution in [1.29, 1.82) is 0 Å². The Bertz CT molecular complexity index is 1770. The van der Waals surface area contributed by atoms with Gasteiger partial charge in [0.1, 0.15) is 16.7 Å². The fourth-order valence-electron chi connectivity index (χ4n) is 5.05. The van der Waals surface area contributed by atoms with Crippen molar-refractivity contribution in [2.24, 2.45) is 0 Å². The first kappa shape index (κ1) is 22.3. The highest BCUT2D eigenvalue weighted by Crippen LogP contribution is 2.40. The molecular formula is C31H26BNO4. The lowest BCUT2D eigenvalue weighted by Gasteiger charge is -2.32. The maximum Gasteiger partial charge on any atom is 0.499 e. The monoisotopic (exact) mass is 487 g/mol. The van der Waals surface area contributed by atoms with Gasteiger partial charge in [-0.1, -0.05) is 60.7 Å². The molecule has 1 fully saturated rings. The molecule has 0 N–H and O–H groups in total. The van der Waals surface area contributed by atoms with Gasteiger partial charge in [-0.25, -0.2) is 4.98 Å². The number of furan rings is 1. The average Bonchev–Trinajstić information content (AvgIpc) is 3.54. The van der Waals surface area contributed by atoms with Gasteiger partial charge in [-0.05, 0) is 57.0 Å². The second-order valence-electron chi connectivity index (χ2n) is 10.7. The number of aromatic nitrogens is 1. The van der Waals surface area contributed by atoms with E-state index in [0.29, 0.717) is 17.0 Å². The fraction of sp³-hybridized carbons (Fsp3) is 0.194. The molecule has 0 spiro atoms. The smallest absolute Gasteiger partial charge is 0.456 e. The Balaban J connectivity index is 1.42. The van der Waals surface area contributed by atoms with Crippen molar-refractivity contribution < 1.29 is 18.1 Å². The number of hydrogen-bond donors (Lipinski definition) is 0. The van der Waals surface area contributed by atoms with Gasteiger partial charge in [0, 0.05) is 27.9 Å². The summed E-state index contributed by atoms with van der Waals surface area (Å²) in [5.41, 5.74) is 5.93. The topological polar surface area (TPSA) is 57.6 Å². The van der Waals surface area contributed by atoms with Crippen LogP contribution in [0.1, 0.15) is 27.7 Å². The van der Waals surface area contributed by atoms with Crippen LogP contribution in [0.3, 0.4) is 0 Å². The highest BCUT2D eigenvalue weighted by Gasteiger charge is 2.53. The zero-order valence-corrected chi connectivity index (χ0v) is 21.2. The molecule has 0 saturated carbocycles.